The highest BCUT2D eigenvalue weighted by Crippen LogP contribution is 2.22. The number of nitrogens with zero attached hydrogens (tertiary/aromatic N) is 1. The first-order valence-corrected chi connectivity index (χ1v) is 8.30. The van der Waals surface area contributed by atoms with Crippen molar-refractivity contribution >= 4 is 29.1 Å². The summed E-state index contributed by atoms with van der Waals surface area (Å²) < 4.78 is 0. The molecule has 0 saturated heterocycles. The lowest BCUT2D eigenvalue weighted by Crippen LogP contribution is -2.30. The molecule has 142 valence electrons. The van der Waals surface area contributed by atoms with E-state index in [1.807, 2.05) is 25.1 Å². The second-order valence-electron chi connectivity index (χ2n) is 5.80. The van der Waals surface area contributed by atoms with Crippen LogP contribution in [0.15, 0.2) is 42.5 Å². The number of nitrogens with one attached hydrogen (secondary N) is 2. The number of aliphatic hydroxyl groups is 1. The van der Waals surface area contributed by atoms with Crippen LogP contribution in [0, 0.1) is 6.92 Å². The van der Waals surface area contributed by atoms with Crippen LogP contribution in [0.5, 0.6) is 0 Å². The van der Waals surface area contributed by atoms with Crippen LogP contribution in [0.25, 0.3) is 0 Å². The van der Waals surface area contributed by atoms with Crippen LogP contribution in [0.4, 0.5) is 5.69 Å². The summed E-state index contributed by atoms with van der Waals surface area (Å²) in [4.78, 5) is 29.9. The summed E-state index contributed by atoms with van der Waals surface area (Å²) in [6.45, 7) is 7.21. The van der Waals surface area contributed by atoms with Crippen LogP contribution in [0.2, 0.25) is 5.02 Å². The van der Waals surface area contributed by atoms with Gasteiger partial charge < -0.3 is 15.3 Å². The third-order valence-electron chi connectivity index (χ3n) is 3.22. The van der Waals surface area contributed by atoms with Gasteiger partial charge >= 0.3 is 0 Å². The first-order chi connectivity index (χ1) is 12.2. The molecule has 0 aliphatic heterocycles. The lowest BCUT2D eigenvalue weighted by molar-refractivity contribution is -0.131. The highest BCUT2D eigenvalue weighted by molar-refractivity contribution is 6.33. The molecule has 2 amide bonds. The van der Waals surface area contributed by atoms with E-state index in [-0.39, 0.29) is 24.8 Å². The van der Waals surface area contributed by atoms with E-state index in [9.17, 15) is 9.59 Å². The number of hydroxylamine groups is 1. The summed E-state index contributed by atoms with van der Waals surface area (Å²) in [7, 11) is 1.61. The minimum Gasteiger partial charge on any atom is -0.391 e. The monoisotopic (exact) mass is 381 g/mol. The molecule has 0 aromatic heterocycles. The Bertz CT molecular complexity index is 689. The molecular weight excluding hydrogens is 358 g/mol. The Hall–Kier alpha value is -2.35. The maximum Gasteiger partial charge on any atom is 0.274 e. The highest BCUT2D eigenvalue weighted by atomic mass is 35.5. The molecule has 3 N–H and O–H groups in total. The molecule has 1 aromatic rings. The first-order valence-electron chi connectivity index (χ1n) is 7.93. The molecule has 0 aliphatic rings. The van der Waals surface area contributed by atoms with Gasteiger partial charge in [0.15, 0.2) is 0 Å². The Labute approximate surface area is 158 Å². The zero-order chi connectivity index (χ0) is 19.7. The molecule has 8 heteroatoms. The lowest BCUT2D eigenvalue weighted by atomic mass is 10.2. The van der Waals surface area contributed by atoms with Gasteiger partial charge in [0.25, 0.3) is 5.91 Å². The molecular formula is C18H24ClN3O4. The van der Waals surface area contributed by atoms with Gasteiger partial charge in [-0.15, -0.1) is 0 Å². The van der Waals surface area contributed by atoms with Crippen molar-refractivity contribution in [1.82, 2.24) is 10.4 Å². The maximum absolute atomic E-state index is 12.1. The Balaban J connectivity index is 2.46. The minimum absolute atomic E-state index is 0.0440. The molecule has 1 rings (SSSR count). The van der Waals surface area contributed by atoms with Gasteiger partial charge in [-0.1, -0.05) is 24.2 Å². The summed E-state index contributed by atoms with van der Waals surface area (Å²) in [5.74, 6) is -0.915. The van der Waals surface area contributed by atoms with Gasteiger partial charge in [0.2, 0.25) is 5.91 Å². The predicted octanol–water partition coefficient (Wildman–Crippen LogP) is 2.02. The molecule has 0 bridgehead atoms. The van der Waals surface area contributed by atoms with Crippen LogP contribution >= 0.6 is 11.6 Å². The van der Waals surface area contributed by atoms with Crippen molar-refractivity contribution in [3.05, 3.63) is 53.1 Å². The van der Waals surface area contributed by atoms with Gasteiger partial charge in [-0.2, -0.15) is 0 Å². The average molecular weight is 382 g/mol. The number of hydrogen-bond acceptors (Lipinski definition) is 5. The second-order valence-corrected chi connectivity index (χ2v) is 6.21. The summed E-state index contributed by atoms with van der Waals surface area (Å²) >= 11 is 6.13. The molecule has 0 unspecified atom stereocenters. The van der Waals surface area contributed by atoms with Gasteiger partial charge in [-0.3, -0.25) is 14.4 Å². The number of aryl methyl sites for hydroxylation is 1. The normalized spacial score (nSPS) is 11.9. The number of hydrogen-bond donors (Lipinski definition) is 3. The summed E-state index contributed by atoms with van der Waals surface area (Å²) in [5, 5.41) is 12.7. The van der Waals surface area contributed by atoms with E-state index in [1.54, 1.807) is 7.05 Å². The molecule has 26 heavy (non-hydrogen) atoms. The fourth-order valence-corrected chi connectivity index (χ4v) is 2.02. The second kappa shape index (κ2) is 10.6. The van der Waals surface area contributed by atoms with Crippen molar-refractivity contribution in [2.24, 2.45) is 0 Å². The van der Waals surface area contributed by atoms with Crippen molar-refractivity contribution in [3.63, 3.8) is 0 Å². The van der Waals surface area contributed by atoms with Crippen LogP contribution in [-0.2, 0) is 14.4 Å². The zero-order valence-corrected chi connectivity index (χ0v) is 15.8. The standard InChI is InChI=1S/C18H24ClN3O4/c1-12-5-7-16(15(19)9-12)20-11-22(4)17(24)8-6-13(2)18(25)21-26-10-14(3)23/h5-9,14,20,23H,2,10-11H2,1,3-4H3,(H,21,25)/b8-6-/t14-/m0/s1. The number of likely N-dealkylation sites (N-methyl/N-ethyl adjacent to an activating group) is 1. The summed E-state index contributed by atoms with van der Waals surface area (Å²) in [5.41, 5.74) is 3.94. The topological polar surface area (TPSA) is 90.9 Å². The van der Waals surface area contributed by atoms with E-state index in [4.69, 9.17) is 21.5 Å². The molecule has 0 heterocycles. The van der Waals surface area contributed by atoms with Gasteiger partial charge in [0.1, 0.15) is 6.61 Å². The average Bonchev–Trinajstić information content (AvgIpc) is 2.57. The van der Waals surface area contributed by atoms with Crippen LogP contribution in [-0.4, -0.2) is 48.2 Å². The predicted molar refractivity (Wildman–Crippen MR) is 102 cm³/mol. The quantitative estimate of drug-likeness (QED) is 0.263. The van der Waals surface area contributed by atoms with Crippen molar-refractivity contribution in [1.29, 1.82) is 0 Å². The van der Waals surface area contributed by atoms with Gasteiger partial charge in [0.05, 0.1) is 23.5 Å². The third-order valence-corrected chi connectivity index (χ3v) is 3.53. The molecule has 0 saturated carbocycles. The molecule has 1 aromatic carbocycles. The van der Waals surface area contributed by atoms with Crippen molar-refractivity contribution < 1.29 is 19.5 Å². The van der Waals surface area contributed by atoms with Crippen molar-refractivity contribution in [2.75, 3.05) is 25.6 Å². The van der Waals surface area contributed by atoms with Crippen LogP contribution in [0.1, 0.15) is 12.5 Å². The number of benzene rings is 1. The summed E-state index contributed by atoms with van der Waals surface area (Å²) in [6, 6.07) is 5.58. The van der Waals surface area contributed by atoms with Crippen LogP contribution < -0.4 is 10.8 Å². The van der Waals surface area contributed by atoms with E-state index in [0.29, 0.717) is 5.02 Å². The molecule has 7 nitrogen and oxygen atoms in total. The van der Waals surface area contributed by atoms with E-state index in [2.05, 4.69) is 17.4 Å². The number of carbonyl (C=O) groups is 2. The minimum atomic E-state index is -0.705. The van der Waals surface area contributed by atoms with E-state index < -0.39 is 12.0 Å². The lowest BCUT2D eigenvalue weighted by Gasteiger charge is -2.17. The third kappa shape index (κ3) is 7.69. The molecule has 0 aliphatic carbocycles. The first kappa shape index (κ1) is 21.7. The Morgan fingerprint density at radius 1 is 1.42 bits per heavy atom. The zero-order valence-electron chi connectivity index (χ0n) is 15.1. The fourth-order valence-electron chi connectivity index (χ4n) is 1.71. The maximum atomic E-state index is 12.1. The Kier molecular flexibility index (Phi) is 8.84. The van der Waals surface area contributed by atoms with Gasteiger partial charge in [0, 0.05) is 18.7 Å². The fraction of sp³-hybridized carbons (Fsp3) is 0.333. The van der Waals surface area contributed by atoms with Crippen LogP contribution in [0.3, 0.4) is 0 Å². The Morgan fingerprint density at radius 2 is 2.12 bits per heavy atom. The van der Waals surface area contributed by atoms with Gasteiger partial charge in [-0.25, -0.2) is 5.48 Å². The van der Waals surface area contributed by atoms with Gasteiger partial charge in [-0.05, 0) is 37.6 Å². The smallest absolute Gasteiger partial charge is 0.274 e. The van der Waals surface area contributed by atoms with Crippen molar-refractivity contribution in [3.8, 4) is 0 Å². The number of halogens is 1. The molecule has 0 spiro atoms. The number of anilines is 1. The van der Waals surface area contributed by atoms with E-state index >= 15 is 0 Å². The molecule has 0 fully saturated rings. The van der Waals surface area contributed by atoms with E-state index in [0.717, 1.165) is 11.3 Å². The number of rotatable bonds is 9. The number of amides is 2. The highest BCUT2D eigenvalue weighted by Gasteiger charge is 2.08. The molecule has 0 radical (unpaired) electrons. The Morgan fingerprint density at radius 3 is 2.73 bits per heavy atom. The summed E-state index contributed by atoms with van der Waals surface area (Å²) in [6.07, 6.45) is 1.82. The molecule has 1 atom stereocenters. The van der Waals surface area contributed by atoms with Crippen molar-refractivity contribution in [2.45, 2.75) is 20.0 Å². The SMILES string of the molecule is C=C(/C=C\C(=O)N(C)CNc1ccc(C)cc1Cl)C(=O)NOC[C@H](C)O. The van der Waals surface area contributed by atoms with E-state index in [1.165, 1.54) is 24.0 Å². The number of carbonyl (C=O) groups excluding carboxylic acids is 2. The number of aliphatic hydroxyl groups excluding tert-OH is 1. The largest absolute Gasteiger partial charge is 0.391 e.